The predicted octanol–water partition coefficient (Wildman–Crippen LogP) is 1.57. The van der Waals surface area contributed by atoms with E-state index in [2.05, 4.69) is 10.7 Å². The molecule has 0 amide bonds. The summed E-state index contributed by atoms with van der Waals surface area (Å²) < 4.78 is 0. The van der Waals surface area contributed by atoms with E-state index in [1.807, 2.05) is 24.3 Å². The molecular weight excluding hydrogens is 358 g/mol. The smallest absolute Gasteiger partial charge is 0.335 e. The number of allylic oxidation sites excluding steroid dienone is 6. The number of nitrogens with one attached hydrogen (secondary N) is 2. The molecule has 1 heterocycles. The Labute approximate surface area is 161 Å². The Morgan fingerprint density at radius 3 is 2.07 bits per heavy atom. The van der Waals surface area contributed by atoms with Crippen LogP contribution in [0.5, 0.6) is 0 Å². The second-order valence-electron chi connectivity index (χ2n) is 6.78. The van der Waals surface area contributed by atoms with E-state index in [1.165, 1.54) is 24.3 Å². The molecule has 3 aliphatic rings. The molecule has 1 saturated heterocycles. The van der Waals surface area contributed by atoms with E-state index >= 15 is 0 Å². The van der Waals surface area contributed by atoms with Crippen molar-refractivity contribution in [3.8, 4) is 0 Å². The van der Waals surface area contributed by atoms with Crippen molar-refractivity contribution >= 4 is 23.2 Å². The van der Waals surface area contributed by atoms with Crippen molar-refractivity contribution < 1.29 is 19.5 Å². The van der Waals surface area contributed by atoms with Crippen LogP contribution in [-0.2, 0) is 9.59 Å². The third kappa shape index (κ3) is 3.33. The van der Waals surface area contributed by atoms with E-state index < -0.39 is 30.1 Å². The van der Waals surface area contributed by atoms with Gasteiger partial charge in [-0.3, -0.25) is 19.9 Å². The molecule has 0 bridgehead atoms. The highest BCUT2D eigenvalue weighted by Crippen LogP contribution is 2.28. The van der Waals surface area contributed by atoms with Gasteiger partial charge in [-0.25, -0.2) is 10.2 Å². The summed E-state index contributed by atoms with van der Waals surface area (Å²) in [6, 6.07) is 6.38. The summed E-state index contributed by atoms with van der Waals surface area (Å²) in [7, 11) is 0. The molecule has 7 heteroatoms. The van der Waals surface area contributed by atoms with E-state index in [9.17, 15) is 14.4 Å². The highest BCUT2D eigenvalue weighted by Gasteiger charge is 2.42. The van der Waals surface area contributed by atoms with Crippen molar-refractivity contribution in [1.82, 2.24) is 10.7 Å². The molecular formula is C21H19N3O4. The number of carboxylic acid groups (broad SMARTS) is 1. The summed E-state index contributed by atoms with van der Waals surface area (Å²) in [5, 5.41) is 14.3. The average molecular weight is 377 g/mol. The van der Waals surface area contributed by atoms with Crippen molar-refractivity contribution in [3.63, 3.8) is 0 Å². The number of carbonyl (C=O) groups is 3. The van der Waals surface area contributed by atoms with E-state index in [0.717, 1.165) is 0 Å². The van der Waals surface area contributed by atoms with Crippen LogP contribution in [0.4, 0.5) is 5.69 Å². The summed E-state index contributed by atoms with van der Waals surface area (Å²) in [6.07, 6.45) is 12.9. The molecule has 0 aromatic heterocycles. The van der Waals surface area contributed by atoms with Gasteiger partial charge >= 0.3 is 5.97 Å². The second kappa shape index (κ2) is 7.38. The van der Waals surface area contributed by atoms with Gasteiger partial charge in [-0.1, -0.05) is 36.5 Å². The minimum Gasteiger partial charge on any atom is -0.478 e. The number of ketones is 2. The molecule has 4 rings (SSSR count). The third-order valence-electron chi connectivity index (χ3n) is 5.04. The fraction of sp³-hybridized carbons (Fsp3) is 0.190. The van der Waals surface area contributed by atoms with Crippen molar-refractivity contribution in [2.45, 2.75) is 12.3 Å². The minimum atomic E-state index is -1.01. The number of rotatable bonds is 4. The first-order valence-electron chi connectivity index (χ1n) is 8.97. The van der Waals surface area contributed by atoms with Crippen LogP contribution in [0.15, 0.2) is 72.9 Å². The topological polar surface area (TPSA) is 98.7 Å². The van der Waals surface area contributed by atoms with E-state index in [4.69, 9.17) is 5.11 Å². The number of hydrogen-bond acceptors (Lipinski definition) is 6. The molecule has 1 aromatic rings. The van der Waals surface area contributed by atoms with Crippen LogP contribution >= 0.6 is 0 Å². The molecule has 1 aliphatic heterocycles. The molecule has 4 unspecified atom stereocenters. The van der Waals surface area contributed by atoms with Gasteiger partial charge in [0, 0.05) is 0 Å². The Kier molecular flexibility index (Phi) is 4.77. The lowest BCUT2D eigenvalue weighted by molar-refractivity contribution is -0.118. The first kappa shape index (κ1) is 18.1. The second-order valence-corrected chi connectivity index (χ2v) is 6.78. The largest absolute Gasteiger partial charge is 0.478 e. The van der Waals surface area contributed by atoms with Crippen LogP contribution in [0.3, 0.4) is 0 Å². The van der Waals surface area contributed by atoms with Crippen LogP contribution in [-0.4, -0.2) is 35.0 Å². The van der Waals surface area contributed by atoms with Gasteiger partial charge in [0.15, 0.2) is 11.6 Å². The van der Waals surface area contributed by atoms with Gasteiger partial charge in [-0.05, 0) is 36.4 Å². The number of aromatic carboxylic acids is 1. The lowest BCUT2D eigenvalue weighted by Gasteiger charge is -2.30. The first-order valence-corrected chi connectivity index (χ1v) is 8.97. The molecule has 1 aromatic carbocycles. The Morgan fingerprint density at radius 2 is 1.50 bits per heavy atom. The number of anilines is 1. The Bertz CT molecular complexity index is 929. The molecule has 4 atom stereocenters. The lowest BCUT2D eigenvalue weighted by Crippen LogP contribution is -2.47. The molecule has 7 nitrogen and oxygen atoms in total. The maximum Gasteiger partial charge on any atom is 0.335 e. The van der Waals surface area contributed by atoms with Gasteiger partial charge in [0.2, 0.25) is 0 Å². The standard InChI is InChI=1S/C21H19N3O4/c25-17-7-3-1-5-15(17)19-22-20(16-6-2-4-8-18(16)26)24(23-19)14-11-9-13(10-12-14)21(27)28/h1-12,15-16,19-20,22-23H,(H,27,28). The predicted molar refractivity (Wildman–Crippen MR) is 103 cm³/mol. The Balaban J connectivity index is 1.65. The number of hydrogen-bond donors (Lipinski definition) is 3. The number of hydrazine groups is 1. The van der Waals surface area contributed by atoms with Crippen LogP contribution in [0, 0.1) is 11.8 Å². The zero-order chi connectivity index (χ0) is 19.7. The maximum absolute atomic E-state index is 12.4. The monoisotopic (exact) mass is 377 g/mol. The van der Waals surface area contributed by atoms with Crippen molar-refractivity contribution in [3.05, 3.63) is 78.4 Å². The van der Waals surface area contributed by atoms with Crippen LogP contribution in [0.1, 0.15) is 10.4 Å². The number of carbonyl (C=O) groups excluding carboxylic acids is 2. The van der Waals surface area contributed by atoms with Crippen LogP contribution in [0.2, 0.25) is 0 Å². The normalized spacial score (nSPS) is 28.9. The number of carboxylic acids is 1. The van der Waals surface area contributed by atoms with Crippen molar-refractivity contribution in [2.24, 2.45) is 11.8 Å². The average Bonchev–Trinajstić information content (AvgIpc) is 3.13. The maximum atomic E-state index is 12.4. The SMILES string of the molecule is O=C(O)c1ccc(N2NC(C3C=CC=CC3=O)NC2C2C=CC=CC2=O)cc1. The summed E-state index contributed by atoms with van der Waals surface area (Å²) in [6.45, 7) is 0. The van der Waals surface area contributed by atoms with Gasteiger partial charge in [-0.2, -0.15) is 0 Å². The fourth-order valence-corrected chi connectivity index (χ4v) is 3.59. The molecule has 142 valence electrons. The van der Waals surface area contributed by atoms with Gasteiger partial charge in [0.25, 0.3) is 0 Å². The van der Waals surface area contributed by atoms with E-state index in [0.29, 0.717) is 5.69 Å². The molecule has 1 fully saturated rings. The fourth-order valence-electron chi connectivity index (χ4n) is 3.59. The van der Waals surface area contributed by atoms with Crippen LogP contribution in [0.25, 0.3) is 0 Å². The summed E-state index contributed by atoms with van der Waals surface area (Å²) >= 11 is 0. The molecule has 0 spiro atoms. The van der Waals surface area contributed by atoms with Gasteiger partial charge in [0.1, 0.15) is 6.17 Å². The summed E-state index contributed by atoms with van der Waals surface area (Å²) in [4.78, 5) is 35.9. The Hall–Kier alpha value is -3.29. The number of benzene rings is 1. The third-order valence-corrected chi connectivity index (χ3v) is 5.04. The zero-order valence-corrected chi connectivity index (χ0v) is 14.9. The van der Waals surface area contributed by atoms with Gasteiger partial charge in [0.05, 0.1) is 29.3 Å². The Morgan fingerprint density at radius 1 is 0.893 bits per heavy atom. The minimum absolute atomic E-state index is 0.0280. The molecule has 28 heavy (non-hydrogen) atoms. The van der Waals surface area contributed by atoms with E-state index in [1.54, 1.807) is 29.3 Å². The van der Waals surface area contributed by atoms with Crippen molar-refractivity contribution in [1.29, 1.82) is 0 Å². The van der Waals surface area contributed by atoms with Gasteiger partial charge < -0.3 is 5.11 Å². The summed E-state index contributed by atoms with van der Waals surface area (Å²) in [5.41, 5.74) is 4.16. The van der Waals surface area contributed by atoms with Gasteiger partial charge in [-0.15, -0.1) is 0 Å². The highest BCUT2D eigenvalue weighted by molar-refractivity contribution is 5.96. The van der Waals surface area contributed by atoms with Crippen molar-refractivity contribution in [2.75, 3.05) is 5.01 Å². The summed E-state index contributed by atoms with van der Waals surface area (Å²) in [5.74, 6) is -1.93. The molecule has 0 radical (unpaired) electrons. The lowest BCUT2D eigenvalue weighted by atomic mass is 9.94. The highest BCUT2D eigenvalue weighted by atomic mass is 16.4. The molecule has 3 N–H and O–H groups in total. The number of nitrogens with zero attached hydrogens (tertiary/aromatic N) is 1. The quantitative estimate of drug-likeness (QED) is 0.733. The zero-order valence-electron chi connectivity index (χ0n) is 14.9. The van der Waals surface area contributed by atoms with Crippen LogP contribution < -0.4 is 15.8 Å². The molecule has 0 saturated carbocycles. The first-order chi connectivity index (χ1) is 13.5. The molecule has 2 aliphatic carbocycles. The van der Waals surface area contributed by atoms with E-state index in [-0.39, 0.29) is 17.1 Å².